The molecule has 2 rings (SSSR count). The minimum atomic E-state index is 0.823. The first-order valence-corrected chi connectivity index (χ1v) is 5.95. The molecule has 1 heterocycles. The van der Waals surface area contributed by atoms with E-state index < -0.39 is 0 Å². The summed E-state index contributed by atoms with van der Waals surface area (Å²) in [6, 6.07) is 12.4. The van der Waals surface area contributed by atoms with Crippen molar-refractivity contribution < 1.29 is 0 Å². The van der Waals surface area contributed by atoms with Crippen molar-refractivity contribution in [3.63, 3.8) is 0 Å². The van der Waals surface area contributed by atoms with Crippen molar-refractivity contribution in [2.45, 2.75) is 13.5 Å². The van der Waals surface area contributed by atoms with Gasteiger partial charge in [-0.3, -0.25) is 0 Å². The predicted molar refractivity (Wildman–Crippen MR) is 70.4 cm³/mol. The fraction of sp³-hybridized carbons (Fsp3) is 0.154. The smallest absolute Gasteiger partial charge is 0.109 e. The van der Waals surface area contributed by atoms with Gasteiger partial charge < -0.3 is 5.32 Å². The van der Waals surface area contributed by atoms with Gasteiger partial charge in [0.05, 0.1) is 11.9 Å². The lowest BCUT2D eigenvalue weighted by molar-refractivity contribution is 1.12. The summed E-state index contributed by atoms with van der Waals surface area (Å²) in [5.41, 5.74) is 3.45. The number of anilines is 1. The number of rotatable bonds is 3. The van der Waals surface area contributed by atoms with Gasteiger partial charge in [-0.15, -0.1) is 0 Å². The van der Waals surface area contributed by atoms with Crippen molar-refractivity contribution >= 4 is 21.6 Å². The van der Waals surface area contributed by atoms with E-state index in [1.165, 1.54) is 5.56 Å². The maximum atomic E-state index is 4.25. The molecule has 0 aliphatic rings. The Balaban J connectivity index is 2.03. The molecule has 16 heavy (non-hydrogen) atoms. The van der Waals surface area contributed by atoms with E-state index in [2.05, 4.69) is 44.4 Å². The van der Waals surface area contributed by atoms with Crippen LogP contribution in [0.5, 0.6) is 0 Å². The third kappa shape index (κ3) is 2.83. The van der Waals surface area contributed by atoms with Crippen molar-refractivity contribution in [3.8, 4) is 0 Å². The first-order chi connectivity index (χ1) is 7.75. The van der Waals surface area contributed by atoms with Gasteiger partial charge in [0.1, 0.15) is 4.60 Å². The zero-order valence-corrected chi connectivity index (χ0v) is 10.7. The Kier molecular flexibility index (Phi) is 3.57. The molecule has 0 atom stereocenters. The number of hydrogen-bond acceptors (Lipinski definition) is 2. The Hall–Kier alpha value is -1.35. The number of aryl methyl sites for hydroxylation is 1. The molecule has 0 radical (unpaired) electrons. The lowest BCUT2D eigenvalue weighted by atomic mass is 10.2. The molecule has 3 heteroatoms. The van der Waals surface area contributed by atoms with Gasteiger partial charge in [0.15, 0.2) is 0 Å². The number of halogens is 1. The topological polar surface area (TPSA) is 24.9 Å². The fourth-order valence-corrected chi connectivity index (χ4v) is 1.67. The summed E-state index contributed by atoms with van der Waals surface area (Å²) in [5, 5.41) is 3.35. The summed E-state index contributed by atoms with van der Waals surface area (Å²) < 4.78 is 0.901. The summed E-state index contributed by atoms with van der Waals surface area (Å²) in [7, 11) is 0. The molecule has 1 aromatic heterocycles. The van der Waals surface area contributed by atoms with Crippen LogP contribution in [-0.4, -0.2) is 4.98 Å². The third-order valence-corrected chi connectivity index (χ3v) is 3.18. The van der Waals surface area contributed by atoms with Crippen LogP contribution >= 0.6 is 15.9 Å². The monoisotopic (exact) mass is 276 g/mol. The van der Waals surface area contributed by atoms with Crippen molar-refractivity contribution in [2.24, 2.45) is 0 Å². The SMILES string of the molecule is Cc1cc(NCc2ccccc2)cnc1Br. The van der Waals surface area contributed by atoms with Gasteiger partial charge >= 0.3 is 0 Å². The number of benzene rings is 1. The van der Waals surface area contributed by atoms with Crippen LogP contribution in [0.4, 0.5) is 5.69 Å². The maximum Gasteiger partial charge on any atom is 0.109 e. The zero-order valence-electron chi connectivity index (χ0n) is 9.07. The van der Waals surface area contributed by atoms with Crippen molar-refractivity contribution in [3.05, 3.63) is 58.3 Å². The molecule has 0 spiro atoms. The second kappa shape index (κ2) is 5.12. The highest BCUT2D eigenvalue weighted by atomic mass is 79.9. The first kappa shape index (κ1) is 11.1. The Labute approximate surface area is 104 Å². The molecule has 0 amide bonds. The van der Waals surface area contributed by atoms with Crippen LogP contribution in [0, 0.1) is 6.92 Å². The molecule has 0 saturated heterocycles. The highest BCUT2D eigenvalue weighted by Gasteiger charge is 1.98. The van der Waals surface area contributed by atoms with E-state index in [0.29, 0.717) is 0 Å². The summed E-state index contributed by atoms with van der Waals surface area (Å²) in [4.78, 5) is 4.25. The molecule has 0 unspecified atom stereocenters. The summed E-state index contributed by atoms with van der Waals surface area (Å²) in [5.74, 6) is 0. The molecular formula is C13H13BrN2. The molecule has 1 aromatic carbocycles. The lowest BCUT2D eigenvalue weighted by Crippen LogP contribution is -2.00. The third-order valence-electron chi connectivity index (χ3n) is 2.35. The second-order valence-corrected chi connectivity index (χ2v) is 4.42. The van der Waals surface area contributed by atoms with Crippen molar-refractivity contribution in [2.75, 3.05) is 5.32 Å². The Bertz CT molecular complexity index is 469. The van der Waals surface area contributed by atoms with Crippen LogP contribution in [0.3, 0.4) is 0 Å². The van der Waals surface area contributed by atoms with Gasteiger partial charge in [0, 0.05) is 6.54 Å². The summed E-state index contributed by atoms with van der Waals surface area (Å²) in [6.07, 6.45) is 1.83. The maximum absolute atomic E-state index is 4.25. The Morgan fingerprint density at radius 2 is 2.00 bits per heavy atom. The largest absolute Gasteiger partial charge is 0.380 e. The molecule has 2 aromatic rings. The van der Waals surface area contributed by atoms with Gasteiger partial charge in [0.25, 0.3) is 0 Å². The lowest BCUT2D eigenvalue weighted by Gasteiger charge is -2.07. The average Bonchev–Trinajstić information content (AvgIpc) is 2.32. The van der Waals surface area contributed by atoms with E-state index in [4.69, 9.17) is 0 Å². The molecule has 82 valence electrons. The number of hydrogen-bond donors (Lipinski definition) is 1. The average molecular weight is 277 g/mol. The van der Waals surface area contributed by atoms with E-state index in [9.17, 15) is 0 Å². The highest BCUT2D eigenvalue weighted by molar-refractivity contribution is 9.10. The van der Waals surface area contributed by atoms with Gasteiger partial charge in [-0.25, -0.2) is 4.98 Å². The molecule has 0 aliphatic heterocycles. The molecule has 2 nitrogen and oxygen atoms in total. The number of pyridine rings is 1. The van der Waals surface area contributed by atoms with Gasteiger partial charge in [-0.05, 0) is 40.0 Å². The summed E-state index contributed by atoms with van der Waals surface area (Å²) in [6.45, 7) is 2.86. The van der Waals surface area contributed by atoms with Crippen molar-refractivity contribution in [1.82, 2.24) is 4.98 Å². The molecular weight excluding hydrogens is 264 g/mol. The van der Waals surface area contributed by atoms with E-state index in [1.54, 1.807) is 0 Å². The first-order valence-electron chi connectivity index (χ1n) is 5.15. The van der Waals surface area contributed by atoms with E-state index in [0.717, 1.165) is 22.4 Å². The molecule has 0 aliphatic carbocycles. The number of aromatic nitrogens is 1. The van der Waals surface area contributed by atoms with E-state index in [1.807, 2.05) is 31.3 Å². The predicted octanol–water partition coefficient (Wildman–Crippen LogP) is 3.76. The van der Waals surface area contributed by atoms with Gasteiger partial charge in [-0.1, -0.05) is 30.3 Å². The van der Waals surface area contributed by atoms with Crippen molar-refractivity contribution in [1.29, 1.82) is 0 Å². The van der Waals surface area contributed by atoms with E-state index >= 15 is 0 Å². The molecule has 0 bridgehead atoms. The molecule has 1 N–H and O–H groups in total. The quantitative estimate of drug-likeness (QED) is 0.864. The van der Waals surface area contributed by atoms with Crippen LogP contribution in [0.15, 0.2) is 47.2 Å². The Morgan fingerprint density at radius 3 is 2.69 bits per heavy atom. The standard InChI is InChI=1S/C13H13BrN2/c1-10-7-12(9-16-13(10)14)15-8-11-5-3-2-4-6-11/h2-7,9,15H,8H2,1H3. The van der Waals surface area contributed by atoms with Crippen LogP contribution < -0.4 is 5.32 Å². The molecule has 0 saturated carbocycles. The highest BCUT2D eigenvalue weighted by Crippen LogP contribution is 2.17. The zero-order chi connectivity index (χ0) is 11.4. The van der Waals surface area contributed by atoms with Crippen LogP contribution in [-0.2, 0) is 6.54 Å². The minimum absolute atomic E-state index is 0.823. The second-order valence-electron chi connectivity index (χ2n) is 3.67. The normalized spacial score (nSPS) is 10.1. The van der Waals surface area contributed by atoms with Gasteiger partial charge in [0.2, 0.25) is 0 Å². The van der Waals surface area contributed by atoms with Crippen LogP contribution in [0.1, 0.15) is 11.1 Å². The number of nitrogens with zero attached hydrogens (tertiary/aromatic N) is 1. The summed E-state index contributed by atoms with van der Waals surface area (Å²) >= 11 is 3.39. The van der Waals surface area contributed by atoms with E-state index in [-0.39, 0.29) is 0 Å². The number of nitrogens with one attached hydrogen (secondary N) is 1. The minimum Gasteiger partial charge on any atom is -0.380 e. The Morgan fingerprint density at radius 1 is 1.25 bits per heavy atom. The molecule has 0 fully saturated rings. The van der Waals surface area contributed by atoms with Crippen LogP contribution in [0.2, 0.25) is 0 Å². The van der Waals surface area contributed by atoms with Gasteiger partial charge in [-0.2, -0.15) is 0 Å². The van der Waals surface area contributed by atoms with Crippen LogP contribution in [0.25, 0.3) is 0 Å². The fourth-order valence-electron chi connectivity index (χ4n) is 1.45.